The summed E-state index contributed by atoms with van der Waals surface area (Å²) in [6.07, 6.45) is 2.34. The molecule has 1 aliphatic heterocycles. The maximum Gasteiger partial charge on any atom is 0.233 e. The van der Waals surface area contributed by atoms with Crippen LogP contribution in [0.5, 0.6) is 5.75 Å². The molecule has 1 N–H and O–H groups in total. The van der Waals surface area contributed by atoms with Crippen LogP contribution < -0.4 is 10.1 Å². The molecule has 1 aromatic carbocycles. The average Bonchev–Trinajstić information content (AvgIpc) is 2.92. The molecule has 0 fully saturated rings. The maximum absolute atomic E-state index is 12.8. The first kappa shape index (κ1) is 14.6. The van der Waals surface area contributed by atoms with E-state index >= 15 is 0 Å². The predicted octanol–water partition coefficient (Wildman–Crippen LogP) is 3.19. The van der Waals surface area contributed by atoms with Gasteiger partial charge >= 0.3 is 0 Å². The van der Waals surface area contributed by atoms with Gasteiger partial charge in [0.25, 0.3) is 0 Å². The Morgan fingerprint density at radius 2 is 2.18 bits per heavy atom. The smallest absolute Gasteiger partial charge is 0.233 e. The van der Waals surface area contributed by atoms with Crippen molar-refractivity contribution in [3.05, 3.63) is 42.1 Å². The van der Waals surface area contributed by atoms with E-state index in [1.165, 1.54) is 0 Å². The molecule has 5 nitrogen and oxygen atoms in total. The lowest BCUT2D eigenvalue weighted by molar-refractivity contribution is -0.119. The van der Waals surface area contributed by atoms with Crippen molar-refractivity contribution in [1.82, 2.24) is 9.78 Å². The molecule has 22 heavy (non-hydrogen) atoms. The third-order valence-electron chi connectivity index (χ3n) is 3.96. The number of carbonyl (C=O) groups is 1. The zero-order chi connectivity index (χ0) is 15.7. The topological polar surface area (TPSA) is 56.2 Å². The largest absolute Gasteiger partial charge is 0.488 e. The van der Waals surface area contributed by atoms with Gasteiger partial charge < -0.3 is 10.1 Å². The van der Waals surface area contributed by atoms with Crippen molar-refractivity contribution in [3.63, 3.8) is 0 Å². The van der Waals surface area contributed by atoms with Gasteiger partial charge in [0.05, 0.1) is 12.1 Å². The van der Waals surface area contributed by atoms with Crippen LogP contribution in [0, 0.1) is 0 Å². The van der Waals surface area contributed by atoms with Crippen LogP contribution in [0.2, 0.25) is 0 Å². The van der Waals surface area contributed by atoms with Crippen LogP contribution in [0.3, 0.4) is 0 Å². The number of nitrogens with one attached hydrogen (secondary N) is 1. The van der Waals surface area contributed by atoms with Crippen LogP contribution in [-0.4, -0.2) is 21.3 Å². The van der Waals surface area contributed by atoms with E-state index in [2.05, 4.69) is 10.4 Å². The Labute approximate surface area is 130 Å². The lowest BCUT2D eigenvalue weighted by Gasteiger charge is -2.36. The van der Waals surface area contributed by atoms with Crippen molar-refractivity contribution in [2.45, 2.75) is 45.3 Å². The van der Waals surface area contributed by atoms with Crippen molar-refractivity contribution in [2.75, 3.05) is 5.32 Å². The molecule has 0 radical (unpaired) electrons. The molecule has 0 bridgehead atoms. The molecule has 2 heterocycles. The van der Waals surface area contributed by atoms with Gasteiger partial charge in [0.15, 0.2) is 0 Å². The SMILES string of the molecule is CCn1nccc1NC(=O)C1CC(C)(C)Oc2ccccc21. The van der Waals surface area contributed by atoms with Gasteiger partial charge in [-0.25, -0.2) is 4.68 Å². The Morgan fingerprint density at radius 1 is 1.41 bits per heavy atom. The summed E-state index contributed by atoms with van der Waals surface area (Å²) < 4.78 is 7.75. The molecule has 1 aliphatic rings. The first-order valence-electron chi connectivity index (χ1n) is 7.61. The maximum atomic E-state index is 12.8. The summed E-state index contributed by atoms with van der Waals surface area (Å²) in [6.45, 7) is 6.74. The molecule has 1 unspecified atom stereocenters. The van der Waals surface area contributed by atoms with Crippen LogP contribution in [0.25, 0.3) is 0 Å². The van der Waals surface area contributed by atoms with Gasteiger partial charge in [0.1, 0.15) is 17.2 Å². The normalized spacial score (nSPS) is 19.1. The van der Waals surface area contributed by atoms with Crippen molar-refractivity contribution >= 4 is 11.7 Å². The van der Waals surface area contributed by atoms with Crippen LogP contribution >= 0.6 is 0 Å². The Morgan fingerprint density at radius 3 is 2.95 bits per heavy atom. The Bertz CT molecular complexity index is 691. The molecule has 0 spiro atoms. The lowest BCUT2D eigenvalue weighted by atomic mass is 9.84. The summed E-state index contributed by atoms with van der Waals surface area (Å²) in [4.78, 5) is 12.8. The number of aryl methyl sites for hydroxylation is 1. The fraction of sp³-hybridized carbons (Fsp3) is 0.412. The minimum atomic E-state index is -0.360. The molecular weight excluding hydrogens is 278 g/mol. The molecule has 0 saturated heterocycles. The van der Waals surface area contributed by atoms with Crippen molar-refractivity contribution in [1.29, 1.82) is 0 Å². The highest BCUT2D eigenvalue weighted by molar-refractivity contribution is 5.96. The van der Waals surface area contributed by atoms with Gasteiger partial charge in [-0.2, -0.15) is 5.10 Å². The molecule has 0 aliphatic carbocycles. The summed E-state index contributed by atoms with van der Waals surface area (Å²) in [6, 6.07) is 9.58. The summed E-state index contributed by atoms with van der Waals surface area (Å²) in [5.74, 6) is 1.29. The Hall–Kier alpha value is -2.30. The third kappa shape index (κ3) is 2.71. The average molecular weight is 299 g/mol. The number of para-hydroxylation sites is 1. The van der Waals surface area contributed by atoms with Gasteiger partial charge in [-0.3, -0.25) is 4.79 Å². The standard InChI is InChI=1S/C17H21N3O2/c1-4-20-15(9-10-18-20)19-16(21)13-11-17(2,3)22-14-8-6-5-7-12(13)14/h5-10,13H,4,11H2,1-3H3,(H,19,21). The highest BCUT2D eigenvalue weighted by Crippen LogP contribution is 2.41. The van der Waals surface area contributed by atoms with E-state index in [4.69, 9.17) is 4.74 Å². The number of nitrogens with zero attached hydrogens (tertiary/aromatic N) is 2. The second kappa shape index (κ2) is 5.48. The highest BCUT2D eigenvalue weighted by atomic mass is 16.5. The van der Waals surface area contributed by atoms with Crippen LogP contribution in [0.4, 0.5) is 5.82 Å². The van der Waals surface area contributed by atoms with Crippen LogP contribution in [0.1, 0.15) is 38.7 Å². The number of hydrogen-bond donors (Lipinski definition) is 1. The second-order valence-electron chi connectivity index (χ2n) is 6.18. The molecular formula is C17H21N3O2. The van der Waals surface area contributed by atoms with E-state index in [-0.39, 0.29) is 17.4 Å². The molecule has 1 atom stereocenters. The molecule has 1 aromatic heterocycles. The first-order valence-corrected chi connectivity index (χ1v) is 7.61. The summed E-state index contributed by atoms with van der Waals surface area (Å²) in [7, 11) is 0. The van der Waals surface area contributed by atoms with E-state index in [9.17, 15) is 4.79 Å². The number of aromatic nitrogens is 2. The van der Waals surface area contributed by atoms with Gasteiger partial charge in [-0.1, -0.05) is 18.2 Å². The number of ether oxygens (including phenoxy) is 1. The van der Waals surface area contributed by atoms with Crippen molar-refractivity contribution < 1.29 is 9.53 Å². The highest BCUT2D eigenvalue weighted by Gasteiger charge is 2.37. The molecule has 0 saturated carbocycles. The van der Waals surface area contributed by atoms with Crippen LogP contribution in [-0.2, 0) is 11.3 Å². The van der Waals surface area contributed by atoms with E-state index in [0.717, 1.165) is 23.7 Å². The van der Waals surface area contributed by atoms with Crippen LogP contribution in [0.15, 0.2) is 36.5 Å². The zero-order valence-electron chi connectivity index (χ0n) is 13.2. The minimum absolute atomic E-state index is 0.0148. The number of rotatable bonds is 3. The van der Waals surface area contributed by atoms with Gasteiger partial charge in [-0.05, 0) is 26.8 Å². The number of carbonyl (C=O) groups excluding carboxylic acids is 1. The van der Waals surface area contributed by atoms with Gasteiger partial charge in [0, 0.05) is 24.6 Å². The predicted molar refractivity (Wildman–Crippen MR) is 85.0 cm³/mol. The number of hydrogen-bond acceptors (Lipinski definition) is 3. The van der Waals surface area contributed by atoms with E-state index < -0.39 is 0 Å². The minimum Gasteiger partial charge on any atom is -0.488 e. The molecule has 3 rings (SSSR count). The zero-order valence-corrected chi connectivity index (χ0v) is 13.2. The van der Waals surface area contributed by atoms with E-state index in [1.807, 2.05) is 51.1 Å². The number of amides is 1. The first-order chi connectivity index (χ1) is 10.5. The molecule has 116 valence electrons. The Kier molecular flexibility index (Phi) is 3.64. The second-order valence-corrected chi connectivity index (χ2v) is 6.18. The fourth-order valence-electron chi connectivity index (χ4n) is 2.94. The van der Waals surface area contributed by atoms with Crippen molar-refractivity contribution in [3.8, 4) is 5.75 Å². The van der Waals surface area contributed by atoms with Gasteiger partial charge in [0.2, 0.25) is 5.91 Å². The molecule has 1 amide bonds. The summed E-state index contributed by atoms with van der Waals surface area (Å²) in [5, 5.41) is 7.18. The van der Waals surface area contributed by atoms with E-state index in [1.54, 1.807) is 10.9 Å². The quantitative estimate of drug-likeness (QED) is 0.947. The van der Waals surface area contributed by atoms with Gasteiger partial charge in [-0.15, -0.1) is 0 Å². The van der Waals surface area contributed by atoms with Crippen molar-refractivity contribution in [2.24, 2.45) is 0 Å². The fourth-order valence-corrected chi connectivity index (χ4v) is 2.94. The lowest BCUT2D eigenvalue weighted by Crippen LogP contribution is -2.39. The molecule has 5 heteroatoms. The number of anilines is 1. The number of fused-ring (bicyclic) bond motifs is 1. The Balaban J connectivity index is 1.89. The summed E-state index contributed by atoms with van der Waals surface area (Å²) in [5.41, 5.74) is 0.586. The molecule has 2 aromatic rings. The van der Waals surface area contributed by atoms with E-state index in [0.29, 0.717) is 6.42 Å². The third-order valence-corrected chi connectivity index (χ3v) is 3.96. The number of benzene rings is 1. The monoisotopic (exact) mass is 299 g/mol. The summed E-state index contributed by atoms with van der Waals surface area (Å²) >= 11 is 0.